The van der Waals surface area contributed by atoms with Crippen molar-refractivity contribution in [2.75, 3.05) is 11.9 Å². The summed E-state index contributed by atoms with van der Waals surface area (Å²) in [6.45, 7) is 6.53. The molecule has 4 nitrogen and oxygen atoms in total. The van der Waals surface area contributed by atoms with E-state index in [1.807, 2.05) is 45.0 Å². The third-order valence-electron chi connectivity index (χ3n) is 2.89. The molecule has 0 saturated carbocycles. The van der Waals surface area contributed by atoms with Gasteiger partial charge in [-0.25, -0.2) is 4.79 Å². The Bertz CT molecular complexity index is 361. The summed E-state index contributed by atoms with van der Waals surface area (Å²) in [4.78, 5) is 11.7. The average molecular weight is 235 g/mol. The van der Waals surface area contributed by atoms with Gasteiger partial charge in [0.1, 0.15) is 0 Å². The van der Waals surface area contributed by atoms with Crippen LogP contribution in [0.3, 0.4) is 0 Å². The van der Waals surface area contributed by atoms with E-state index in [0.29, 0.717) is 6.54 Å². The second-order valence-corrected chi connectivity index (χ2v) is 4.47. The predicted molar refractivity (Wildman–Crippen MR) is 71.0 cm³/mol. The number of rotatable bonds is 4. The molecule has 0 saturated heterocycles. The topological polar surface area (TPSA) is 67.2 Å². The molecule has 0 radical (unpaired) electrons. The van der Waals surface area contributed by atoms with Crippen LogP contribution in [0, 0.1) is 12.8 Å². The summed E-state index contributed by atoms with van der Waals surface area (Å²) in [5.41, 5.74) is 7.51. The Morgan fingerprint density at radius 3 is 2.41 bits per heavy atom. The lowest BCUT2D eigenvalue weighted by Gasteiger charge is -2.19. The summed E-state index contributed by atoms with van der Waals surface area (Å²) < 4.78 is 0. The number of carbonyl (C=O) groups is 1. The number of carbonyl (C=O) groups excluding carboxylic acids is 1. The van der Waals surface area contributed by atoms with Gasteiger partial charge in [-0.3, -0.25) is 0 Å². The van der Waals surface area contributed by atoms with E-state index in [1.54, 1.807) is 0 Å². The first-order chi connectivity index (χ1) is 8.02. The first kappa shape index (κ1) is 13.5. The molecule has 1 rings (SSSR count). The molecular weight excluding hydrogens is 214 g/mol. The number of hydrogen-bond donors (Lipinski definition) is 3. The Labute approximate surface area is 103 Å². The van der Waals surface area contributed by atoms with Crippen LogP contribution in [0.15, 0.2) is 24.3 Å². The molecule has 17 heavy (non-hydrogen) atoms. The molecule has 0 aliphatic rings. The van der Waals surface area contributed by atoms with E-state index in [-0.39, 0.29) is 18.0 Å². The zero-order valence-electron chi connectivity index (χ0n) is 10.7. The van der Waals surface area contributed by atoms with E-state index >= 15 is 0 Å². The monoisotopic (exact) mass is 235 g/mol. The van der Waals surface area contributed by atoms with Crippen molar-refractivity contribution in [2.45, 2.75) is 26.8 Å². The molecule has 0 fully saturated rings. The van der Waals surface area contributed by atoms with Crippen LogP contribution in [-0.4, -0.2) is 18.6 Å². The van der Waals surface area contributed by atoms with Gasteiger partial charge in [-0.2, -0.15) is 0 Å². The van der Waals surface area contributed by atoms with Crippen LogP contribution in [0.4, 0.5) is 10.5 Å². The Balaban J connectivity index is 2.47. The van der Waals surface area contributed by atoms with Crippen LogP contribution in [0.25, 0.3) is 0 Å². The van der Waals surface area contributed by atoms with Gasteiger partial charge < -0.3 is 16.4 Å². The van der Waals surface area contributed by atoms with E-state index in [2.05, 4.69) is 10.6 Å². The highest BCUT2D eigenvalue weighted by molar-refractivity contribution is 5.89. The van der Waals surface area contributed by atoms with Crippen molar-refractivity contribution >= 4 is 11.7 Å². The maximum atomic E-state index is 11.7. The molecule has 0 aliphatic heterocycles. The first-order valence-electron chi connectivity index (χ1n) is 5.87. The highest BCUT2D eigenvalue weighted by atomic mass is 16.2. The summed E-state index contributed by atoms with van der Waals surface area (Å²) in [5.74, 6) is 0.263. The highest BCUT2D eigenvalue weighted by Crippen LogP contribution is 2.08. The number of nitrogens with one attached hydrogen (secondary N) is 2. The summed E-state index contributed by atoms with van der Waals surface area (Å²) in [7, 11) is 0. The number of urea groups is 1. The summed E-state index contributed by atoms with van der Waals surface area (Å²) >= 11 is 0. The van der Waals surface area contributed by atoms with E-state index in [9.17, 15) is 4.79 Å². The largest absolute Gasteiger partial charge is 0.335 e. The lowest BCUT2D eigenvalue weighted by atomic mass is 10.0. The lowest BCUT2D eigenvalue weighted by Crippen LogP contribution is -2.41. The van der Waals surface area contributed by atoms with Crippen LogP contribution in [0.2, 0.25) is 0 Å². The maximum absolute atomic E-state index is 11.7. The van der Waals surface area contributed by atoms with E-state index in [1.165, 1.54) is 5.56 Å². The molecule has 4 N–H and O–H groups in total. The number of nitrogens with two attached hydrogens (primary N) is 1. The Kier molecular flexibility index (Phi) is 4.97. The molecule has 0 aromatic heterocycles. The van der Waals surface area contributed by atoms with E-state index in [4.69, 9.17) is 5.73 Å². The second kappa shape index (κ2) is 6.25. The van der Waals surface area contributed by atoms with Crippen molar-refractivity contribution in [3.05, 3.63) is 29.8 Å². The third-order valence-corrected chi connectivity index (χ3v) is 2.89. The molecule has 0 heterocycles. The van der Waals surface area contributed by atoms with Crippen LogP contribution in [0.5, 0.6) is 0 Å². The van der Waals surface area contributed by atoms with Crippen molar-refractivity contribution in [1.82, 2.24) is 5.32 Å². The lowest BCUT2D eigenvalue weighted by molar-refractivity contribution is 0.245. The predicted octanol–water partition coefficient (Wildman–Crippen LogP) is 2.10. The number of benzene rings is 1. The molecule has 2 atom stereocenters. The number of aryl methyl sites for hydroxylation is 1. The molecule has 0 spiro atoms. The number of anilines is 1. The smallest absolute Gasteiger partial charge is 0.319 e. The summed E-state index contributed by atoms with van der Waals surface area (Å²) in [6, 6.07) is 7.55. The SMILES string of the molecule is Cc1ccc(NC(=O)NC(C)C(C)CN)cc1. The summed E-state index contributed by atoms with van der Waals surface area (Å²) in [5, 5.41) is 5.65. The molecule has 1 aromatic carbocycles. The normalized spacial score (nSPS) is 13.9. The molecule has 0 bridgehead atoms. The van der Waals surface area contributed by atoms with Crippen molar-refractivity contribution in [3.8, 4) is 0 Å². The van der Waals surface area contributed by atoms with Crippen LogP contribution in [0.1, 0.15) is 19.4 Å². The van der Waals surface area contributed by atoms with Gasteiger partial charge in [0.2, 0.25) is 0 Å². The van der Waals surface area contributed by atoms with Crippen molar-refractivity contribution in [2.24, 2.45) is 11.7 Å². The van der Waals surface area contributed by atoms with Gasteiger partial charge in [0, 0.05) is 11.7 Å². The quantitative estimate of drug-likeness (QED) is 0.748. The van der Waals surface area contributed by atoms with Gasteiger partial charge in [-0.15, -0.1) is 0 Å². The highest BCUT2D eigenvalue weighted by Gasteiger charge is 2.12. The zero-order chi connectivity index (χ0) is 12.8. The molecule has 2 amide bonds. The van der Waals surface area contributed by atoms with Gasteiger partial charge >= 0.3 is 6.03 Å². The fraction of sp³-hybridized carbons (Fsp3) is 0.462. The van der Waals surface area contributed by atoms with Gasteiger partial charge in [0.25, 0.3) is 0 Å². The molecule has 94 valence electrons. The second-order valence-electron chi connectivity index (χ2n) is 4.47. The van der Waals surface area contributed by atoms with Crippen LogP contribution < -0.4 is 16.4 Å². The molecule has 0 aliphatic carbocycles. The van der Waals surface area contributed by atoms with Gasteiger partial charge in [0.05, 0.1) is 0 Å². The molecular formula is C13H21N3O. The fourth-order valence-corrected chi connectivity index (χ4v) is 1.36. The maximum Gasteiger partial charge on any atom is 0.319 e. The van der Waals surface area contributed by atoms with Gasteiger partial charge in [-0.1, -0.05) is 24.6 Å². The van der Waals surface area contributed by atoms with Crippen molar-refractivity contribution in [1.29, 1.82) is 0 Å². The molecule has 4 heteroatoms. The third kappa shape index (κ3) is 4.44. The summed E-state index contributed by atoms with van der Waals surface area (Å²) in [6.07, 6.45) is 0. The Morgan fingerprint density at radius 1 is 1.29 bits per heavy atom. The Hall–Kier alpha value is -1.55. The molecule has 2 unspecified atom stereocenters. The number of amides is 2. The Morgan fingerprint density at radius 2 is 1.88 bits per heavy atom. The average Bonchev–Trinajstić information content (AvgIpc) is 2.30. The van der Waals surface area contributed by atoms with E-state index in [0.717, 1.165) is 5.69 Å². The molecule has 1 aromatic rings. The van der Waals surface area contributed by atoms with Crippen LogP contribution in [-0.2, 0) is 0 Å². The van der Waals surface area contributed by atoms with Crippen LogP contribution >= 0.6 is 0 Å². The van der Waals surface area contributed by atoms with Crippen molar-refractivity contribution < 1.29 is 4.79 Å². The van der Waals surface area contributed by atoms with Gasteiger partial charge in [-0.05, 0) is 38.4 Å². The zero-order valence-corrected chi connectivity index (χ0v) is 10.7. The van der Waals surface area contributed by atoms with E-state index < -0.39 is 0 Å². The minimum absolute atomic E-state index is 0.0606. The minimum Gasteiger partial charge on any atom is -0.335 e. The fourth-order valence-electron chi connectivity index (χ4n) is 1.36. The van der Waals surface area contributed by atoms with Crippen molar-refractivity contribution in [3.63, 3.8) is 0 Å². The number of hydrogen-bond acceptors (Lipinski definition) is 2. The standard InChI is InChI=1S/C13H21N3O/c1-9-4-6-12(7-5-9)16-13(17)15-11(3)10(2)8-14/h4-7,10-11H,8,14H2,1-3H3,(H2,15,16,17). The first-order valence-corrected chi connectivity index (χ1v) is 5.87. The van der Waals surface area contributed by atoms with Gasteiger partial charge in [0.15, 0.2) is 0 Å². The minimum atomic E-state index is -0.193.